The maximum Gasteiger partial charge on any atom is 0.0966 e. The molecule has 1 aromatic rings. The first-order valence-corrected chi connectivity index (χ1v) is 12.2. The Morgan fingerprint density at radius 2 is 1.61 bits per heavy atom. The van der Waals surface area contributed by atoms with Crippen LogP contribution in [0.5, 0.6) is 0 Å². The molecule has 2 rings (SSSR count). The smallest absolute Gasteiger partial charge is 0.0966 e. The van der Waals surface area contributed by atoms with Crippen LogP contribution in [0.2, 0.25) is 18.1 Å². The summed E-state index contributed by atoms with van der Waals surface area (Å²) in [6, 6.07) is 14.0. The third-order valence-electron chi connectivity index (χ3n) is 6.12. The predicted octanol–water partition coefficient (Wildman–Crippen LogP) is 6.27. The van der Waals surface area contributed by atoms with E-state index in [1.807, 2.05) is 18.2 Å². The van der Waals surface area contributed by atoms with Crippen molar-refractivity contribution in [2.24, 2.45) is 5.92 Å². The van der Waals surface area contributed by atoms with Crippen LogP contribution in [-0.4, -0.2) is 13.2 Å². The molecule has 0 radical (unpaired) electrons. The molecule has 0 bridgehead atoms. The number of hydrogen-bond donors (Lipinski definition) is 1. The summed E-state index contributed by atoms with van der Waals surface area (Å²) >= 11 is 0. The van der Waals surface area contributed by atoms with Gasteiger partial charge in [0.2, 0.25) is 0 Å². The molecule has 0 aromatic heterocycles. The van der Waals surface area contributed by atoms with E-state index < -0.39 is 14.2 Å². The minimum atomic E-state index is -1.57. The molecule has 1 aliphatic rings. The van der Waals surface area contributed by atoms with Crippen LogP contribution in [-0.2, 0) is 0 Å². The maximum absolute atomic E-state index is 11.2. The van der Waals surface area contributed by atoms with Crippen LogP contribution in [0.3, 0.4) is 0 Å². The summed E-state index contributed by atoms with van der Waals surface area (Å²) in [7, 11) is -1.57. The van der Waals surface area contributed by atoms with Crippen LogP contribution in [0, 0.1) is 5.92 Å². The molecule has 2 heteroatoms. The summed E-state index contributed by atoms with van der Waals surface area (Å²) in [6.45, 7) is 7.02. The number of hydrogen-bond acceptors (Lipinski definition) is 1. The lowest BCUT2D eigenvalue weighted by molar-refractivity contribution is 0.220. The second-order valence-electron chi connectivity index (χ2n) is 7.17. The molecular weight excluding hydrogens is 296 g/mol. The molecule has 1 fully saturated rings. The van der Waals surface area contributed by atoms with Crippen LogP contribution >= 0.6 is 0 Å². The van der Waals surface area contributed by atoms with Gasteiger partial charge in [0.25, 0.3) is 0 Å². The first kappa shape index (κ1) is 18.5. The zero-order valence-electron chi connectivity index (χ0n) is 15.2. The highest BCUT2D eigenvalue weighted by Gasteiger charge is 2.36. The van der Waals surface area contributed by atoms with Crippen molar-refractivity contribution in [1.82, 2.24) is 0 Å². The van der Waals surface area contributed by atoms with Crippen molar-refractivity contribution in [2.45, 2.75) is 77.1 Å². The van der Waals surface area contributed by atoms with Gasteiger partial charge in [-0.05, 0) is 24.3 Å². The summed E-state index contributed by atoms with van der Waals surface area (Å²) in [5.74, 6) is 0.689. The van der Waals surface area contributed by atoms with Gasteiger partial charge in [-0.1, -0.05) is 99.8 Å². The third-order valence-corrected chi connectivity index (χ3v) is 11.8. The summed E-state index contributed by atoms with van der Waals surface area (Å²) in [4.78, 5) is 0. The summed E-state index contributed by atoms with van der Waals surface area (Å²) in [6.07, 6.45) is 8.85. The minimum absolute atomic E-state index is 0.398. The zero-order chi connectivity index (χ0) is 16.7. The quantitative estimate of drug-likeness (QED) is 0.584. The van der Waals surface area contributed by atoms with E-state index in [1.165, 1.54) is 55.4 Å². The minimum Gasteiger partial charge on any atom is -0.384 e. The average molecular weight is 331 g/mol. The maximum atomic E-state index is 11.2. The van der Waals surface area contributed by atoms with Crippen molar-refractivity contribution < 1.29 is 5.11 Å². The Balaban J connectivity index is 2.39. The topological polar surface area (TPSA) is 20.2 Å². The fraction of sp³-hybridized carbons (Fsp3) is 0.619. The molecule has 0 saturated heterocycles. The lowest BCUT2D eigenvalue weighted by atomic mass is 9.88. The van der Waals surface area contributed by atoms with Crippen LogP contribution in [0.25, 0.3) is 0 Å². The highest BCUT2D eigenvalue weighted by Crippen LogP contribution is 2.39. The highest BCUT2D eigenvalue weighted by atomic mass is 28.3. The van der Waals surface area contributed by atoms with Crippen LogP contribution in [0.1, 0.15) is 64.5 Å². The number of aliphatic hydroxyl groups excluding tert-OH is 1. The van der Waals surface area contributed by atoms with Gasteiger partial charge in [-0.15, -0.1) is 0 Å². The molecule has 1 N–H and O–H groups in total. The average Bonchev–Trinajstić information content (AvgIpc) is 2.63. The van der Waals surface area contributed by atoms with E-state index in [0.717, 1.165) is 5.56 Å². The van der Waals surface area contributed by atoms with Gasteiger partial charge in [0, 0.05) is 0 Å². The van der Waals surface area contributed by atoms with Crippen molar-refractivity contribution in [2.75, 3.05) is 0 Å². The second-order valence-corrected chi connectivity index (χ2v) is 12.4. The Kier molecular flexibility index (Phi) is 7.10. The fourth-order valence-corrected chi connectivity index (χ4v) is 8.35. The van der Waals surface area contributed by atoms with E-state index in [9.17, 15) is 5.11 Å². The van der Waals surface area contributed by atoms with E-state index in [2.05, 4.69) is 39.0 Å². The normalized spacial score (nSPS) is 18.9. The summed E-state index contributed by atoms with van der Waals surface area (Å²) < 4.78 is 0. The number of rotatable bonds is 7. The first-order chi connectivity index (χ1) is 11.2. The summed E-state index contributed by atoms with van der Waals surface area (Å²) in [5.41, 5.74) is 1.07. The van der Waals surface area contributed by atoms with E-state index in [4.69, 9.17) is 0 Å². The van der Waals surface area contributed by atoms with Gasteiger partial charge < -0.3 is 5.11 Å². The first-order valence-electron chi connectivity index (χ1n) is 9.62. The van der Waals surface area contributed by atoms with Gasteiger partial charge >= 0.3 is 0 Å². The van der Waals surface area contributed by atoms with E-state index in [-0.39, 0.29) is 0 Å². The number of aliphatic hydroxyl groups is 1. The van der Waals surface area contributed by atoms with Gasteiger partial charge in [0.15, 0.2) is 0 Å². The van der Waals surface area contributed by atoms with Gasteiger partial charge in [-0.2, -0.15) is 0 Å². The lowest BCUT2D eigenvalue weighted by Crippen LogP contribution is -2.38. The molecule has 1 unspecified atom stereocenters. The van der Waals surface area contributed by atoms with Gasteiger partial charge in [-0.25, -0.2) is 0 Å². The molecule has 0 aliphatic heterocycles. The van der Waals surface area contributed by atoms with Crippen LogP contribution < -0.4 is 0 Å². The molecule has 1 atom stereocenters. The number of benzene rings is 1. The van der Waals surface area contributed by atoms with Gasteiger partial charge in [0.05, 0.1) is 14.2 Å². The van der Waals surface area contributed by atoms with Gasteiger partial charge in [-0.3, -0.25) is 0 Å². The zero-order valence-corrected chi connectivity index (χ0v) is 16.2. The predicted molar refractivity (Wildman–Crippen MR) is 103 cm³/mol. The monoisotopic (exact) mass is 330 g/mol. The van der Waals surface area contributed by atoms with E-state index >= 15 is 0 Å². The Labute approximate surface area is 143 Å². The van der Waals surface area contributed by atoms with Crippen molar-refractivity contribution in [1.29, 1.82) is 0 Å². The molecule has 23 heavy (non-hydrogen) atoms. The second kappa shape index (κ2) is 8.84. The van der Waals surface area contributed by atoms with E-state index in [1.54, 1.807) is 0 Å². The molecule has 0 spiro atoms. The number of allylic oxidation sites excluding steroid dienone is 1. The Bertz CT molecular complexity index is 476. The largest absolute Gasteiger partial charge is 0.384 e. The van der Waals surface area contributed by atoms with E-state index in [0.29, 0.717) is 5.92 Å². The molecule has 0 heterocycles. The lowest BCUT2D eigenvalue weighted by Gasteiger charge is -2.36. The Morgan fingerprint density at radius 1 is 1.04 bits per heavy atom. The van der Waals surface area contributed by atoms with Crippen molar-refractivity contribution in [3.63, 3.8) is 0 Å². The SMILES string of the molecule is CC[Si](CC)(CC)/C(=C/C1CCCCC1)C(O)c1ccccc1. The fourth-order valence-electron chi connectivity index (χ4n) is 4.29. The molecule has 1 aromatic carbocycles. The summed E-state index contributed by atoms with van der Waals surface area (Å²) in [5, 5.41) is 12.6. The van der Waals surface area contributed by atoms with Gasteiger partial charge in [0.1, 0.15) is 0 Å². The standard InChI is InChI=1S/C21H34OSi/c1-4-23(5-2,6-3)20(17-18-13-9-7-10-14-18)21(22)19-15-11-8-12-16-19/h8,11-12,15-18,21-22H,4-7,9-10,13-14H2,1-3H3/b20-17+. The highest BCUT2D eigenvalue weighted by molar-refractivity contribution is 6.86. The Morgan fingerprint density at radius 3 is 2.13 bits per heavy atom. The molecule has 1 aliphatic carbocycles. The Hall–Kier alpha value is -0.863. The van der Waals surface area contributed by atoms with Crippen molar-refractivity contribution in [3.8, 4) is 0 Å². The van der Waals surface area contributed by atoms with Crippen molar-refractivity contribution >= 4 is 8.07 Å². The molecule has 1 nitrogen and oxygen atoms in total. The molecule has 1 saturated carbocycles. The molecular formula is C21H34OSi. The molecule has 128 valence electrons. The van der Waals surface area contributed by atoms with Crippen LogP contribution in [0.15, 0.2) is 41.6 Å². The third kappa shape index (κ3) is 4.36. The van der Waals surface area contributed by atoms with Crippen LogP contribution in [0.4, 0.5) is 0 Å². The van der Waals surface area contributed by atoms with Crippen molar-refractivity contribution in [3.05, 3.63) is 47.2 Å². The molecule has 0 amide bonds.